The van der Waals surface area contributed by atoms with Crippen molar-refractivity contribution in [3.63, 3.8) is 0 Å². The Morgan fingerprint density at radius 2 is 1.86 bits per heavy atom. The quantitative estimate of drug-likeness (QED) is 0.421. The minimum Gasteiger partial charge on any atom is -0.481 e. The van der Waals surface area contributed by atoms with Crippen molar-refractivity contribution in [3.8, 4) is 17.4 Å². The third-order valence-electron chi connectivity index (χ3n) is 5.92. The monoisotopic (exact) mass is 523 g/mol. The summed E-state index contributed by atoms with van der Waals surface area (Å²) in [6, 6.07) is 5.17. The fourth-order valence-electron chi connectivity index (χ4n) is 3.83. The Kier molecular flexibility index (Phi) is 7.50. The lowest BCUT2D eigenvalue weighted by Gasteiger charge is -2.36. The molecular weight excluding hydrogens is 498 g/mol. The second-order valence-electron chi connectivity index (χ2n) is 8.03. The first-order chi connectivity index (χ1) is 16.8. The SMILES string of the molecule is COc1cccc(-c2nnc(NS(=O)(=O)C(C)C(OC)c3ncc(Cl)cn3)n2[C@H]2C[C@@H](OC)C2)n1. The predicted molar refractivity (Wildman–Crippen MR) is 128 cm³/mol. The van der Waals surface area contributed by atoms with Crippen molar-refractivity contribution < 1.29 is 22.6 Å². The summed E-state index contributed by atoms with van der Waals surface area (Å²) >= 11 is 5.86. The average molecular weight is 524 g/mol. The molecule has 2 unspecified atom stereocenters. The Hall–Kier alpha value is -2.87. The number of anilines is 1. The highest BCUT2D eigenvalue weighted by molar-refractivity contribution is 7.93. The number of aromatic nitrogens is 6. The smallest absolute Gasteiger partial charge is 0.240 e. The Bertz CT molecular complexity index is 1270. The topological polar surface area (TPSA) is 143 Å². The van der Waals surface area contributed by atoms with Crippen LogP contribution in [0.3, 0.4) is 0 Å². The van der Waals surface area contributed by atoms with E-state index < -0.39 is 21.4 Å². The summed E-state index contributed by atoms with van der Waals surface area (Å²) in [6.07, 6.45) is 3.24. The van der Waals surface area contributed by atoms with E-state index >= 15 is 0 Å². The van der Waals surface area contributed by atoms with Gasteiger partial charge in [0, 0.05) is 38.7 Å². The van der Waals surface area contributed by atoms with E-state index in [4.69, 9.17) is 25.8 Å². The maximum Gasteiger partial charge on any atom is 0.240 e. The van der Waals surface area contributed by atoms with Crippen molar-refractivity contribution in [3.05, 3.63) is 41.4 Å². The molecule has 14 heteroatoms. The minimum absolute atomic E-state index is 0.0665. The second-order valence-corrected chi connectivity index (χ2v) is 10.5. The van der Waals surface area contributed by atoms with Gasteiger partial charge in [-0.15, -0.1) is 10.2 Å². The van der Waals surface area contributed by atoms with Gasteiger partial charge in [0.05, 0.1) is 18.2 Å². The van der Waals surface area contributed by atoms with Crippen LogP contribution in [0.15, 0.2) is 30.6 Å². The van der Waals surface area contributed by atoms with Gasteiger partial charge in [0.15, 0.2) is 11.6 Å². The zero-order valence-electron chi connectivity index (χ0n) is 19.6. The Morgan fingerprint density at radius 3 is 2.49 bits per heavy atom. The second kappa shape index (κ2) is 10.4. The number of rotatable bonds is 10. The summed E-state index contributed by atoms with van der Waals surface area (Å²) in [5.41, 5.74) is 0.501. The third-order valence-corrected chi connectivity index (χ3v) is 7.81. The molecule has 2 atom stereocenters. The van der Waals surface area contributed by atoms with Crippen molar-refractivity contribution in [1.29, 1.82) is 0 Å². The molecule has 3 aromatic rings. The fourth-order valence-corrected chi connectivity index (χ4v) is 5.07. The molecule has 0 radical (unpaired) electrons. The lowest BCUT2D eigenvalue weighted by atomic mass is 9.89. The molecule has 1 aliphatic carbocycles. The fraction of sp³-hybridized carbons (Fsp3) is 0.476. The van der Waals surface area contributed by atoms with Crippen molar-refractivity contribution in [2.24, 2.45) is 0 Å². The lowest BCUT2D eigenvalue weighted by molar-refractivity contribution is 0.00718. The van der Waals surface area contributed by atoms with Gasteiger partial charge >= 0.3 is 0 Å². The van der Waals surface area contributed by atoms with Crippen LogP contribution in [0, 0.1) is 0 Å². The minimum atomic E-state index is -4.01. The van der Waals surface area contributed by atoms with Crippen LogP contribution in [0.25, 0.3) is 11.5 Å². The van der Waals surface area contributed by atoms with E-state index in [0.29, 0.717) is 35.3 Å². The number of hydrogen-bond donors (Lipinski definition) is 1. The Labute approximate surface area is 208 Å². The van der Waals surface area contributed by atoms with Crippen LogP contribution in [-0.2, 0) is 19.5 Å². The maximum atomic E-state index is 13.4. The number of sulfonamides is 1. The molecule has 0 aliphatic heterocycles. The zero-order chi connectivity index (χ0) is 25.2. The molecule has 1 aliphatic rings. The van der Waals surface area contributed by atoms with Gasteiger partial charge in [0.25, 0.3) is 0 Å². The summed E-state index contributed by atoms with van der Waals surface area (Å²) in [5, 5.41) is 7.67. The summed E-state index contributed by atoms with van der Waals surface area (Å²) in [6.45, 7) is 1.50. The summed E-state index contributed by atoms with van der Waals surface area (Å²) in [4.78, 5) is 12.7. The Morgan fingerprint density at radius 1 is 1.14 bits per heavy atom. The average Bonchev–Trinajstić information content (AvgIpc) is 3.22. The maximum absolute atomic E-state index is 13.4. The molecule has 4 rings (SSSR count). The number of nitrogens with one attached hydrogen (secondary N) is 1. The molecule has 0 saturated heterocycles. The van der Waals surface area contributed by atoms with E-state index in [-0.39, 0.29) is 23.9 Å². The molecule has 35 heavy (non-hydrogen) atoms. The molecule has 188 valence electrons. The highest BCUT2D eigenvalue weighted by atomic mass is 35.5. The van der Waals surface area contributed by atoms with E-state index in [1.165, 1.54) is 33.5 Å². The highest BCUT2D eigenvalue weighted by Crippen LogP contribution is 2.39. The molecule has 0 spiro atoms. The van der Waals surface area contributed by atoms with Gasteiger partial charge < -0.3 is 14.2 Å². The van der Waals surface area contributed by atoms with Gasteiger partial charge in [-0.05, 0) is 25.8 Å². The normalized spacial score (nSPS) is 19.6. The summed E-state index contributed by atoms with van der Waals surface area (Å²) < 4.78 is 47.1. The molecule has 3 aromatic heterocycles. The van der Waals surface area contributed by atoms with Crippen LogP contribution in [0.5, 0.6) is 5.88 Å². The van der Waals surface area contributed by atoms with Crippen LogP contribution in [0.1, 0.15) is 37.7 Å². The van der Waals surface area contributed by atoms with Crippen LogP contribution in [-0.4, -0.2) is 70.8 Å². The molecule has 0 aromatic carbocycles. The number of ether oxygens (including phenoxy) is 3. The van der Waals surface area contributed by atoms with Crippen LogP contribution in [0.4, 0.5) is 5.95 Å². The van der Waals surface area contributed by atoms with E-state index in [1.807, 2.05) is 0 Å². The number of pyridine rings is 1. The molecule has 3 heterocycles. The van der Waals surface area contributed by atoms with E-state index in [2.05, 4.69) is 29.9 Å². The van der Waals surface area contributed by atoms with E-state index in [9.17, 15) is 8.42 Å². The van der Waals surface area contributed by atoms with Crippen molar-refractivity contribution in [1.82, 2.24) is 29.7 Å². The third kappa shape index (κ3) is 5.22. The first kappa shape index (κ1) is 25.2. The van der Waals surface area contributed by atoms with Gasteiger partial charge in [0.2, 0.25) is 21.9 Å². The standard InChI is InChI=1S/C21H26ClN7O5S/c1-12(18(34-4)19-23-10-13(22)11-24-19)35(30,31)28-21-27-26-20(16-6-5-7-17(25-16)33-3)29(21)14-8-15(9-14)32-2/h5-7,10-12,14-15,18H,8-9H2,1-4H3,(H,27,28)/t12?,14-,15+,18?. The van der Waals surface area contributed by atoms with Gasteiger partial charge in [-0.25, -0.2) is 23.4 Å². The van der Waals surface area contributed by atoms with Gasteiger partial charge in [-0.3, -0.25) is 9.29 Å². The van der Waals surface area contributed by atoms with Gasteiger partial charge in [0.1, 0.15) is 17.0 Å². The highest BCUT2D eigenvalue weighted by Gasteiger charge is 2.38. The first-order valence-electron chi connectivity index (χ1n) is 10.8. The molecule has 1 N–H and O–H groups in total. The molecule has 0 bridgehead atoms. The van der Waals surface area contributed by atoms with Crippen molar-refractivity contribution >= 4 is 27.6 Å². The van der Waals surface area contributed by atoms with Crippen molar-refractivity contribution in [2.75, 3.05) is 26.1 Å². The summed E-state index contributed by atoms with van der Waals surface area (Å²) in [5.74, 6) is 1.09. The van der Waals surface area contributed by atoms with Crippen LogP contribution in [0.2, 0.25) is 5.02 Å². The van der Waals surface area contributed by atoms with Crippen LogP contribution >= 0.6 is 11.6 Å². The number of nitrogens with zero attached hydrogens (tertiary/aromatic N) is 6. The molecule has 12 nitrogen and oxygen atoms in total. The molecule has 1 fully saturated rings. The largest absolute Gasteiger partial charge is 0.481 e. The van der Waals surface area contributed by atoms with Crippen LogP contribution < -0.4 is 9.46 Å². The first-order valence-corrected chi connectivity index (χ1v) is 12.7. The van der Waals surface area contributed by atoms with Gasteiger partial charge in [-0.2, -0.15) is 0 Å². The molecule has 1 saturated carbocycles. The van der Waals surface area contributed by atoms with E-state index in [0.717, 1.165) is 0 Å². The summed E-state index contributed by atoms with van der Waals surface area (Å²) in [7, 11) is 0.543. The van der Waals surface area contributed by atoms with Crippen molar-refractivity contribution in [2.45, 2.75) is 43.3 Å². The van der Waals surface area contributed by atoms with E-state index in [1.54, 1.807) is 29.9 Å². The lowest BCUT2D eigenvalue weighted by Crippen LogP contribution is -2.36. The predicted octanol–water partition coefficient (Wildman–Crippen LogP) is 2.66. The van der Waals surface area contributed by atoms with Gasteiger partial charge in [-0.1, -0.05) is 17.7 Å². The number of halogens is 1. The molecular formula is C21H26ClN7O5S. The number of hydrogen-bond acceptors (Lipinski definition) is 10. The number of methoxy groups -OCH3 is 3. The molecule has 0 amide bonds. The Balaban J connectivity index is 1.67. The zero-order valence-corrected chi connectivity index (χ0v) is 21.2.